The molecule has 1 fully saturated rings. The van der Waals surface area contributed by atoms with E-state index in [0.717, 1.165) is 43.0 Å². The summed E-state index contributed by atoms with van der Waals surface area (Å²) in [5.74, 6) is 0.431. The van der Waals surface area contributed by atoms with Crippen LogP contribution in [0.2, 0.25) is 0 Å². The Labute approximate surface area is 159 Å². The van der Waals surface area contributed by atoms with Crippen LogP contribution in [0.4, 0.5) is 5.69 Å². The van der Waals surface area contributed by atoms with Gasteiger partial charge in [0.15, 0.2) is 0 Å². The van der Waals surface area contributed by atoms with Crippen molar-refractivity contribution < 1.29 is 5.11 Å². The van der Waals surface area contributed by atoms with Crippen molar-refractivity contribution in [3.05, 3.63) is 52.2 Å². The molecule has 4 nitrogen and oxygen atoms in total. The van der Waals surface area contributed by atoms with Crippen molar-refractivity contribution >= 4 is 47.7 Å². The molecule has 2 heterocycles. The van der Waals surface area contributed by atoms with Crippen molar-refractivity contribution in [1.29, 1.82) is 5.41 Å². The molecule has 0 bridgehead atoms. The van der Waals surface area contributed by atoms with Crippen LogP contribution < -0.4 is 5.32 Å². The third-order valence-electron chi connectivity index (χ3n) is 3.85. The van der Waals surface area contributed by atoms with E-state index in [9.17, 15) is 5.11 Å². The number of halogens is 2. The number of amidine groups is 1. The van der Waals surface area contributed by atoms with Crippen LogP contribution in [0.3, 0.4) is 0 Å². The fourth-order valence-electron chi connectivity index (χ4n) is 2.81. The Morgan fingerprint density at radius 3 is 2.83 bits per heavy atom. The summed E-state index contributed by atoms with van der Waals surface area (Å²) in [5, 5.41) is 23.0. The van der Waals surface area contributed by atoms with Crippen molar-refractivity contribution in [3.63, 3.8) is 0 Å². The summed E-state index contributed by atoms with van der Waals surface area (Å²) in [6.07, 6.45) is 1.78. The summed E-state index contributed by atoms with van der Waals surface area (Å²) in [7, 11) is 0. The number of nitrogens with zero attached hydrogens (tertiary/aromatic N) is 1. The van der Waals surface area contributed by atoms with Crippen molar-refractivity contribution in [3.8, 4) is 0 Å². The molecule has 1 aromatic heterocycles. The molecule has 0 amide bonds. The fraction of sp³-hybridized carbons (Fsp3) is 0.353. The van der Waals surface area contributed by atoms with Crippen LogP contribution in [0.25, 0.3) is 0 Å². The third-order valence-corrected chi connectivity index (χ3v) is 4.74. The van der Waals surface area contributed by atoms with Gasteiger partial charge in [-0.2, -0.15) is 0 Å². The van der Waals surface area contributed by atoms with Gasteiger partial charge in [-0.05, 0) is 48.5 Å². The van der Waals surface area contributed by atoms with Gasteiger partial charge in [-0.3, -0.25) is 10.3 Å². The van der Waals surface area contributed by atoms with Crippen LogP contribution in [0.5, 0.6) is 0 Å². The van der Waals surface area contributed by atoms with Gasteiger partial charge in [-0.25, -0.2) is 0 Å². The Bertz CT molecular complexity index is 637. The quantitative estimate of drug-likeness (QED) is 0.548. The first-order valence-electron chi connectivity index (χ1n) is 7.59. The second-order valence-corrected chi connectivity index (χ2v) is 6.66. The molecule has 0 saturated carbocycles. The lowest BCUT2D eigenvalue weighted by molar-refractivity contribution is 0.0668. The van der Waals surface area contributed by atoms with Gasteiger partial charge in [0.05, 0.1) is 11.0 Å². The number of hydrogen-bond donors (Lipinski definition) is 3. The molecule has 1 aromatic carbocycles. The van der Waals surface area contributed by atoms with Gasteiger partial charge in [0, 0.05) is 18.8 Å². The minimum Gasteiger partial charge on any atom is -0.392 e. The van der Waals surface area contributed by atoms with E-state index in [0.29, 0.717) is 5.84 Å². The molecular formula is C17H23Cl2N3OS. The number of piperidine rings is 1. The minimum atomic E-state index is -0.193. The molecule has 132 valence electrons. The number of aliphatic hydroxyl groups is 1. The number of aliphatic hydroxyl groups excluding tert-OH is 1. The van der Waals surface area contributed by atoms with Gasteiger partial charge < -0.3 is 10.4 Å². The molecule has 24 heavy (non-hydrogen) atoms. The molecule has 0 spiro atoms. The maximum absolute atomic E-state index is 9.76. The SMILES string of the molecule is Cl.Cl.N=C(Nc1cccc(CN2CCCC(O)C2)c1)c1cccs1. The second-order valence-electron chi connectivity index (χ2n) is 5.71. The van der Waals surface area contributed by atoms with Crippen LogP contribution in [0.1, 0.15) is 23.3 Å². The van der Waals surface area contributed by atoms with E-state index >= 15 is 0 Å². The van der Waals surface area contributed by atoms with Gasteiger partial charge in [0.25, 0.3) is 0 Å². The first-order valence-corrected chi connectivity index (χ1v) is 8.47. The Balaban J connectivity index is 0.00000144. The first kappa shape index (κ1) is 20.9. The molecule has 1 atom stereocenters. The molecule has 3 rings (SSSR count). The lowest BCUT2D eigenvalue weighted by Crippen LogP contribution is -2.37. The Morgan fingerprint density at radius 1 is 1.29 bits per heavy atom. The molecule has 0 radical (unpaired) electrons. The highest BCUT2D eigenvalue weighted by Gasteiger charge is 2.17. The third kappa shape index (κ3) is 5.76. The smallest absolute Gasteiger partial charge is 0.140 e. The number of benzene rings is 1. The number of likely N-dealkylation sites (tertiary alicyclic amines) is 1. The second kappa shape index (κ2) is 10.0. The standard InChI is InChI=1S/C17H21N3OS.2ClH/c18-17(16-7-3-9-22-16)19-14-5-1-4-13(10-14)11-20-8-2-6-15(21)12-20;;/h1,3-5,7,9-10,15,21H,2,6,8,11-12H2,(H2,18,19);2*1H. The van der Waals surface area contributed by atoms with Crippen molar-refractivity contribution in [2.45, 2.75) is 25.5 Å². The fourth-order valence-corrected chi connectivity index (χ4v) is 3.44. The predicted molar refractivity (Wildman–Crippen MR) is 106 cm³/mol. The van der Waals surface area contributed by atoms with Crippen molar-refractivity contribution in [1.82, 2.24) is 4.90 Å². The zero-order valence-electron chi connectivity index (χ0n) is 13.3. The first-order chi connectivity index (χ1) is 10.7. The summed E-state index contributed by atoms with van der Waals surface area (Å²) < 4.78 is 0. The van der Waals surface area contributed by atoms with Crippen molar-refractivity contribution in [2.24, 2.45) is 0 Å². The topological polar surface area (TPSA) is 59.4 Å². The van der Waals surface area contributed by atoms with E-state index in [2.05, 4.69) is 22.3 Å². The van der Waals surface area contributed by atoms with Gasteiger partial charge in [0.2, 0.25) is 0 Å². The maximum atomic E-state index is 9.76. The van der Waals surface area contributed by atoms with E-state index in [-0.39, 0.29) is 30.9 Å². The number of hydrogen-bond acceptors (Lipinski definition) is 4. The van der Waals surface area contributed by atoms with Gasteiger partial charge in [-0.1, -0.05) is 18.2 Å². The van der Waals surface area contributed by atoms with Crippen LogP contribution >= 0.6 is 36.2 Å². The highest BCUT2D eigenvalue weighted by molar-refractivity contribution is 7.12. The Kier molecular flexibility index (Phi) is 8.73. The minimum absolute atomic E-state index is 0. The molecule has 0 aliphatic carbocycles. The monoisotopic (exact) mass is 387 g/mol. The van der Waals surface area contributed by atoms with E-state index in [1.807, 2.05) is 29.6 Å². The highest BCUT2D eigenvalue weighted by atomic mass is 35.5. The largest absolute Gasteiger partial charge is 0.392 e. The number of anilines is 1. The average molecular weight is 388 g/mol. The van der Waals surface area contributed by atoms with E-state index < -0.39 is 0 Å². The van der Waals surface area contributed by atoms with Gasteiger partial charge >= 0.3 is 0 Å². The molecule has 1 aliphatic rings. The molecule has 1 unspecified atom stereocenters. The number of rotatable bonds is 4. The molecule has 3 N–H and O–H groups in total. The molecule has 1 saturated heterocycles. The number of nitrogens with one attached hydrogen (secondary N) is 2. The van der Waals surface area contributed by atoms with Crippen LogP contribution in [-0.4, -0.2) is 35.0 Å². The average Bonchev–Trinajstić information content (AvgIpc) is 3.02. The summed E-state index contributed by atoms with van der Waals surface area (Å²) in [5.41, 5.74) is 2.14. The Morgan fingerprint density at radius 2 is 2.12 bits per heavy atom. The van der Waals surface area contributed by atoms with Crippen LogP contribution in [-0.2, 0) is 6.54 Å². The lowest BCUT2D eigenvalue weighted by Gasteiger charge is -2.30. The lowest BCUT2D eigenvalue weighted by atomic mass is 10.1. The van der Waals surface area contributed by atoms with E-state index in [4.69, 9.17) is 5.41 Å². The zero-order chi connectivity index (χ0) is 15.4. The highest BCUT2D eigenvalue weighted by Crippen LogP contribution is 2.18. The Hall–Kier alpha value is -1.11. The summed E-state index contributed by atoms with van der Waals surface area (Å²) >= 11 is 1.56. The van der Waals surface area contributed by atoms with Crippen molar-refractivity contribution in [2.75, 3.05) is 18.4 Å². The van der Waals surface area contributed by atoms with E-state index in [1.165, 1.54) is 5.56 Å². The van der Waals surface area contributed by atoms with Crippen LogP contribution in [0, 0.1) is 5.41 Å². The summed E-state index contributed by atoms with van der Waals surface area (Å²) in [4.78, 5) is 3.22. The normalized spacial score (nSPS) is 17.5. The number of thiophene rings is 1. The molecule has 1 aliphatic heterocycles. The van der Waals surface area contributed by atoms with Crippen LogP contribution in [0.15, 0.2) is 41.8 Å². The number of β-amino-alcohol motifs (C(OH)–C–C–N with tert-alkyl or cyclic N) is 1. The van der Waals surface area contributed by atoms with E-state index in [1.54, 1.807) is 11.3 Å². The zero-order valence-corrected chi connectivity index (χ0v) is 15.7. The molecule has 2 aromatic rings. The van der Waals surface area contributed by atoms with Gasteiger partial charge in [0.1, 0.15) is 5.84 Å². The molecule has 7 heteroatoms. The molecular weight excluding hydrogens is 365 g/mol. The predicted octanol–water partition coefficient (Wildman–Crippen LogP) is 3.99. The summed E-state index contributed by atoms with van der Waals surface area (Å²) in [6.45, 7) is 2.64. The maximum Gasteiger partial charge on any atom is 0.140 e. The summed E-state index contributed by atoms with van der Waals surface area (Å²) in [6, 6.07) is 12.1. The van der Waals surface area contributed by atoms with Gasteiger partial charge in [-0.15, -0.1) is 36.2 Å².